The maximum Gasteiger partial charge on any atom is 0.219 e. The topological polar surface area (TPSA) is 51.2 Å². The van der Waals surface area contributed by atoms with Crippen LogP contribution in [0.25, 0.3) is 0 Å². The number of carbonyl (C=O) groups is 1. The first-order chi connectivity index (χ1) is 14.2. The van der Waals surface area contributed by atoms with Crippen LogP contribution >= 0.6 is 0 Å². The number of benzene rings is 1. The van der Waals surface area contributed by atoms with E-state index < -0.39 is 0 Å². The maximum absolute atomic E-state index is 12.0. The molecule has 1 aromatic carbocycles. The van der Waals surface area contributed by atoms with E-state index in [2.05, 4.69) is 23.0 Å². The number of terminal acetylenes is 1. The fourth-order valence-corrected chi connectivity index (χ4v) is 5.02. The van der Waals surface area contributed by atoms with Gasteiger partial charge in [-0.15, -0.1) is 6.42 Å². The number of ether oxygens (including phenoxy) is 3. The molecule has 4 rings (SSSR count). The van der Waals surface area contributed by atoms with Gasteiger partial charge in [0.15, 0.2) is 0 Å². The van der Waals surface area contributed by atoms with Crippen LogP contribution in [0.1, 0.15) is 43.2 Å². The molecule has 0 bridgehead atoms. The number of carbonyl (C=O) groups excluding carboxylic acids is 1. The molecule has 1 saturated carbocycles. The van der Waals surface area contributed by atoms with E-state index in [0.717, 1.165) is 18.8 Å². The van der Waals surface area contributed by atoms with Crippen LogP contribution in [0.3, 0.4) is 0 Å². The van der Waals surface area contributed by atoms with Crippen LogP contribution in [0.15, 0.2) is 12.1 Å². The largest absolute Gasteiger partial charge is 0.491 e. The van der Waals surface area contributed by atoms with Crippen molar-refractivity contribution in [2.24, 2.45) is 0 Å². The Bertz CT molecular complexity index is 788. The molecule has 2 atom stereocenters. The second-order valence-electron chi connectivity index (χ2n) is 7.94. The van der Waals surface area contributed by atoms with E-state index in [1.165, 1.54) is 36.1 Å². The van der Waals surface area contributed by atoms with Crippen molar-refractivity contribution in [2.45, 2.75) is 44.7 Å². The van der Waals surface area contributed by atoms with Crippen LogP contribution in [0.5, 0.6) is 5.75 Å². The first-order valence-corrected chi connectivity index (χ1v) is 10.6. The number of amides is 1. The minimum atomic E-state index is 0.145. The molecule has 2 heterocycles. The molecule has 3 aliphatic rings. The van der Waals surface area contributed by atoms with Crippen LogP contribution in [0, 0.1) is 12.3 Å². The van der Waals surface area contributed by atoms with Crippen LogP contribution in [0.4, 0.5) is 5.69 Å². The molecule has 156 valence electrons. The Morgan fingerprint density at radius 3 is 2.83 bits per heavy atom. The van der Waals surface area contributed by atoms with Gasteiger partial charge in [-0.05, 0) is 24.5 Å². The quantitative estimate of drug-likeness (QED) is 0.498. The number of nitrogens with zero attached hydrogens (tertiary/aromatic N) is 2. The van der Waals surface area contributed by atoms with E-state index in [1.54, 1.807) is 6.92 Å². The van der Waals surface area contributed by atoms with Gasteiger partial charge in [-0.3, -0.25) is 4.79 Å². The average Bonchev–Trinajstić information content (AvgIpc) is 3.23. The molecule has 1 amide bonds. The maximum atomic E-state index is 12.0. The summed E-state index contributed by atoms with van der Waals surface area (Å²) in [6.07, 6.45) is 8.84. The van der Waals surface area contributed by atoms with Crippen LogP contribution in [0.2, 0.25) is 0 Å². The Kier molecular flexibility index (Phi) is 6.27. The van der Waals surface area contributed by atoms with Crippen molar-refractivity contribution >= 4 is 11.6 Å². The minimum Gasteiger partial charge on any atom is -0.491 e. The summed E-state index contributed by atoms with van der Waals surface area (Å²) in [5, 5.41) is 0. The smallest absolute Gasteiger partial charge is 0.219 e. The molecule has 6 heteroatoms. The normalized spacial score (nSPS) is 22.1. The lowest BCUT2D eigenvalue weighted by atomic mass is 9.94. The predicted octanol–water partition coefficient (Wildman–Crippen LogP) is 2.55. The molecule has 2 aliphatic heterocycles. The van der Waals surface area contributed by atoms with E-state index in [1.807, 2.05) is 4.90 Å². The number of hydrogen-bond donors (Lipinski definition) is 0. The van der Waals surface area contributed by atoms with Crippen molar-refractivity contribution in [1.82, 2.24) is 4.90 Å². The molecule has 0 radical (unpaired) electrons. The first-order valence-electron chi connectivity index (χ1n) is 10.6. The molecule has 0 N–H and O–H groups in total. The van der Waals surface area contributed by atoms with Gasteiger partial charge in [-0.25, -0.2) is 0 Å². The summed E-state index contributed by atoms with van der Waals surface area (Å²) in [4.78, 5) is 16.5. The highest BCUT2D eigenvalue weighted by molar-refractivity contribution is 5.76. The second kappa shape index (κ2) is 9.06. The van der Waals surface area contributed by atoms with Gasteiger partial charge in [-0.1, -0.05) is 18.4 Å². The Balaban J connectivity index is 1.45. The summed E-state index contributed by atoms with van der Waals surface area (Å²) in [5.74, 6) is 4.10. The zero-order valence-electron chi connectivity index (χ0n) is 17.2. The van der Waals surface area contributed by atoms with Gasteiger partial charge in [0.1, 0.15) is 19.0 Å². The molecule has 1 aromatic rings. The summed E-state index contributed by atoms with van der Waals surface area (Å²) >= 11 is 0. The highest BCUT2D eigenvalue weighted by Gasteiger charge is 2.45. The number of rotatable bonds is 8. The third-order valence-electron chi connectivity index (χ3n) is 6.26. The fraction of sp³-hybridized carbons (Fsp3) is 0.609. The predicted molar refractivity (Wildman–Crippen MR) is 111 cm³/mol. The number of fused-ring (bicyclic) bond motifs is 3. The molecule has 29 heavy (non-hydrogen) atoms. The number of anilines is 1. The summed E-state index contributed by atoms with van der Waals surface area (Å²) in [6.45, 7) is 6.41. The lowest BCUT2D eigenvalue weighted by Gasteiger charge is -2.27. The van der Waals surface area contributed by atoms with E-state index in [9.17, 15) is 4.79 Å². The van der Waals surface area contributed by atoms with E-state index in [-0.39, 0.29) is 5.91 Å². The van der Waals surface area contributed by atoms with E-state index in [4.69, 9.17) is 20.6 Å². The molecular weight excluding hydrogens is 368 g/mol. The van der Waals surface area contributed by atoms with Crippen LogP contribution in [-0.2, 0) is 20.8 Å². The zero-order valence-corrected chi connectivity index (χ0v) is 17.2. The standard InChI is InChI=1S/C23H30N2O4/c1-3-11-27-12-13-28-14-15-29-21-8-7-18-16-24(17(2)26)9-10-25-20-6-4-5-19(20)22(21)23(18)25/h1,7-8,19-20H,4-6,9-16H2,2H3. The van der Waals surface area contributed by atoms with Gasteiger partial charge >= 0.3 is 0 Å². The third-order valence-corrected chi connectivity index (χ3v) is 6.26. The van der Waals surface area contributed by atoms with E-state index >= 15 is 0 Å². The Hall–Kier alpha value is -2.23. The molecule has 1 fully saturated rings. The SMILES string of the molecule is C#CCOCCOCCOc1ccc2c3c1C1CCCC1N3CCN(C(C)=O)C2. The average molecular weight is 399 g/mol. The third kappa shape index (κ3) is 4.08. The monoisotopic (exact) mass is 398 g/mol. The number of hydrogen-bond acceptors (Lipinski definition) is 5. The van der Waals surface area contributed by atoms with Crippen molar-refractivity contribution in [3.8, 4) is 18.1 Å². The van der Waals surface area contributed by atoms with Crippen LogP contribution in [-0.4, -0.2) is 63.0 Å². The van der Waals surface area contributed by atoms with Gasteiger partial charge < -0.3 is 24.0 Å². The van der Waals surface area contributed by atoms with Crippen molar-refractivity contribution in [2.75, 3.05) is 51.0 Å². The molecular formula is C23H30N2O4. The van der Waals surface area contributed by atoms with Gasteiger partial charge in [0.25, 0.3) is 0 Å². The summed E-state index contributed by atoms with van der Waals surface area (Å²) in [6, 6.07) is 4.77. The highest BCUT2D eigenvalue weighted by atomic mass is 16.5. The minimum absolute atomic E-state index is 0.145. The van der Waals surface area contributed by atoms with Crippen molar-refractivity contribution in [3.05, 3.63) is 23.3 Å². The molecule has 6 nitrogen and oxygen atoms in total. The zero-order chi connectivity index (χ0) is 20.2. The van der Waals surface area contributed by atoms with Crippen molar-refractivity contribution in [3.63, 3.8) is 0 Å². The molecule has 0 saturated heterocycles. The lowest BCUT2D eigenvalue weighted by Crippen LogP contribution is -2.37. The van der Waals surface area contributed by atoms with Gasteiger partial charge in [0, 0.05) is 49.8 Å². The first kappa shape index (κ1) is 20.1. The molecule has 2 unspecified atom stereocenters. The Labute approximate surface area is 173 Å². The van der Waals surface area contributed by atoms with Gasteiger partial charge in [-0.2, -0.15) is 0 Å². The van der Waals surface area contributed by atoms with Gasteiger partial charge in [0.05, 0.1) is 19.8 Å². The fourth-order valence-electron chi connectivity index (χ4n) is 5.02. The summed E-state index contributed by atoms with van der Waals surface area (Å²) in [7, 11) is 0. The Morgan fingerprint density at radius 1 is 1.17 bits per heavy atom. The van der Waals surface area contributed by atoms with Crippen molar-refractivity contribution in [1.29, 1.82) is 0 Å². The molecule has 1 aliphatic carbocycles. The molecule has 0 spiro atoms. The second-order valence-corrected chi connectivity index (χ2v) is 7.94. The van der Waals surface area contributed by atoms with E-state index in [0.29, 0.717) is 51.5 Å². The molecule has 0 aromatic heterocycles. The van der Waals surface area contributed by atoms with Gasteiger partial charge in [0.2, 0.25) is 5.91 Å². The lowest BCUT2D eigenvalue weighted by molar-refractivity contribution is -0.129. The van der Waals surface area contributed by atoms with Crippen LogP contribution < -0.4 is 9.64 Å². The highest BCUT2D eigenvalue weighted by Crippen LogP contribution is 2.54. The Morgan fingerprint density at radius 2 is 2.00 bits per heavy atom. The summed E-state index contributed by atoms with van der Waals surface area (Å²) < 4.78 is 16.9. The van der Waals surface area contributed by atoms with Crippen molar-refractivity contribution < 1.29 is 19.0 Å². The summed E-state index contributed by atoms with van der Waals surface area (Å²) in [5.41, 5.74) is 3.92.